The number of nitrogens with one attached hydrogen (secondary N) is 3. The smallest absolute Gasteiger partial charge is 0.200 e. The third-order valence-electron chi connectivity index (χ3n) is 4.64. The Morgan fingerprint density at radius 2 is 1.86 bits per heavy atom. The first-order valence-corrected chi connectivity index (χ1v) is 9.19. The van der Waals surface area contributed by atoms with Gasteiger partial charge in [-0.25, -0.2) is 4.39 Å². The minimum Gasteiger partial charge on any atom is -0.502 e. The number of phenols is 1. The Kier molecular flexibility index (Phi) is 6.43. The van der Waals surface area contributed by atoms with Gasteiger partial charge in [-0.3, -0.25) is 4.99 Å². The number of aromatic amines is 1. The zero-order valence-corrected chi connectivity index (χ0v) is 16.7. The molecule has 0 amide bonds. The molecule has 1 aromatic heterocycles. The van der Waals surface area contributed by atoms with Gasteiger partial charge in [0.05, 0.1) is 14.2 Å². The maximum absolute atomic E-state index is 13.5. The molecule has 0 spiro atoms. The molecule has 0 aliphatic heterocycles. The average Bonchev–Trinajstić information content (AvgIpc) is 3.13. The van der Waals surface area contributed by atoms with Crippen LogP contribution >= 0.6 is 0 Å². The molecule has 0 unspecified atom stereocenters. The molecule has 1 heterocycles. The van der Waals surface area contributed by atoms with E-state index >= 15 is 0 Å². The summed E-state index contributed by atoms with van der Waals surface area (Å²) in [5.41, 5.74) is 2.82. The van der Waals surface area contributed by atoms with Crippen LogP contribution in [0.25, 0.3) is 10.9 Å². The summed E-state index contributed by atoms with van der Waals surface area (Å²) >= 11 is 0. The van der Waals surface area contributed by atoms with E-state index in [1.165, 1.54) is 20.3 Å². The van der Waals surface area contributed by atoms with Gasteiger partial charge < -0.3 is 30.2 Å². The highest BCUT2D eigenvalue weighted by molar-refractivity contribution is 5.83. The van der Waals surface area contributed by atoms with Gasteiger partial charge in [0.25, 0.3) is 0 Å². The van der Waals surface area contributed by atoms with Gasteiger partial charge >= 0.3 is 0 Å². The van der Waals surface area contributed by atoms with E-state index in [2.05, 4.69) is 20.6 Å². The Labute approximate surface area is 168 Å². The van der Waals surface area contributed by atoms with E-state index in [9.17, 15) is 9.50 Å². The molecule has 3 aromatic rings. The van der Waals surface area contributed by atoms with E-state index in [0.717, 1.165) is 22.0 Å². The molecule has 4 N–H and O–H groups in total. The Bertz CT molecular complexity index is 991. The van der Waals surface area contributed by atoms with Gasteiger partial charge in [-0.1, -0.05) is 0 Å². The Morgan fingerprint density at radius 1 is 1.14 bits per heavy atom. The number of rotatable bonds is 7. The molecule has 0 saturated heterocycles. The standard InChI is InChI=1S/C21H25FN4O3/c1-23-21(26-11-13-8-18(28-2)20(27)19(9-13)29-3)24-7-6-14-12-25-17-5-4-15(22)10-16(14)17/h4-5,8-10,12,25,27H,6-7,11H2,1-3H3,(H2,23,24,26). The summed E-state index contributed by atoms with van der Waals surface area (Å²) in [5, 5.41) is 17.3. The second-order valence-corrected chi connectivity index (χ2v) is 6.46. The molecule has 29 heavy (non-hydrogen) atoms. The summed E-state index contributed by atoms with van der Waals surface area (Å²) in [4.78, 5) is 7.37. The minimum absolute atomic E-state index is 0.0311. The molecule has 3 rings (SSSR count). The summed E-state index contributed by atoms with van der Waals surface area (Å²) < 4.78 is 23.9. The highest BCUT2D eigenvalue weighted by atomic mass is 19.1. The Morgan fingerprint density at radius 3 is 2.52 bits per heavy atom. The summed E-state index contributed by atoms with van der Waals surface area (Å²) in [6.45, 7) is 1.09. The zero-order chi connectivity index (χ0) is 20.8. The number of nitrogens with zero attached hydrogens (tertiary/aromatic N) is 1. The lowest BCUT2D eigenvalue weighted by Gasteiger charge is -2.14. The molecule has 7 nitrogen and oxygen atoms in total. The van der Waals surface area contributed by atoms with Crippen LogP contribution in [0.4, 0.5) is 4.39 Å². The predicted octanol–water partition coefficient (Wildman–Crippen LogP) is 2.94. The number of phenolic OH excluding ortho intramolecular Hbond substituents is 1. The molecule has 0 radical (unpaired) electrons. The number of ether oxygens (including phenoxy) is 2. The lowest BCUT2D eigenvalue weighted by molar-refractivity contribution is 0.339. The number of aromatic hydroxyl groups is 1. The number of benzene rings is 2. The van der Waals surface area contributed by atoms with Crippen molar-refractivity contribution >= 4 is 16.9 Å². The monoisotopic (exact) mass is 400 g/mol. The Balaban J connectivity index is 1.58. The quantitative estimate of drug-likeness (QED) is 0.362. The van der Waals surface area contributed by atoms with Crippen LogP contribution in [0.2, 0.25) is 0 Å². The molecule has 0 saturated carbocycles. The van der Waals surface area contributed by atoms with Crippen LogP contribution in [0.15, 0.2) is 41.5 Å². The number of aliphatic imine (C=N–C) groups is 1. The predicted molar refractivity (Wildman–Crippen MR) is 111 cm³/mol. The summed E-state index contributed by atoms with van der Waals surface area (Å²) in [6.07, 6.45) is 2.61. The van der Waals surface area contributed by atoms with E-state index in [4.69, 9.17) is 9.47 Å². The van der Waals surface area contributed by atoms with E-state index in [-0.39, 0.29) is 11.6 Å². The van der Waals surface area contributed by atoms with Crippen molar-refractivity contribution in [3.63, 3.8) is 0 Å². The first kappa shape index (κ1) is 20.3. The van der Waals surface area contributed by atoms with E-state index in [1.807, 2.05) is 6.20 Å². The molecule has 0 aliphatic rings. The van der Waals surface area contributed by atoms with E-state index in [0.29, 0.717) is 37.0 Å². The summed E-state index contributed by atoms with van der Waals surface area (Å²) in [5.74, 6) is 1.04. The van der Waals surface area contributed by atoms with E-state index in [1.54, 1.807) is 31.3 Å². The van der Waals surface area contributed by atoms with Crippen molar-refractivity contribution in [2.24, 2.45) is 4.99 Å². The van der Waals surface area contributed by atoms with Crippen LogP contribution in [0.5, 0.6) is 17.2 Å². The molecule has 0 fully saturated rings. The van der Waals surface area contributed by atoms with Gasteiger partial charge in [0, 0.05) is 37.2 Å². The molecule has 8 heteroatoms. The van der Waals surface area contributed by atoms with Crippen LogP contribution in [-0.4, -0.2) is 43.9 Å². The third-order valence-corrected chi connectivity index (χ3v) is 4.64. The van der Waals surface area contributed by atoms with Crippen molar-refractivity contribution in [1.29, 1.82) is 0 Å². The van der Waals surface area contributed by atoms with Crippen molar-refractivity contribution in [1.82, 2.24) is 15.6 Å². The van der Waals surface area contributed by atoms with Crippen LogP contribution in [0.3, 0.4) is 0 Å². The number of hydrogen-bond donors (Lipinski definition) is 4. The SMILES string of the molecule is CN=C(NCCc1c[nH]c2ccc(F)cc12)NCc1cc(OC)c(O)c(OC)c1. The molecule has 154 valence electrons. The lowest BCUT2D eigenvalue weighted by atomic mass is 10.1. The maximum atomic E-state index is 13.5. The molecule has 0 atom stereocenters. The fourth-order valence-electron chi connectivity index (χ4n) is 3.13. The molecule has 2 aromatic carbocycles. The molecule has 0 aliphatic carbocycles. The highest BCUT2D eigenvalue weighted by Gasteiger charge is 2.11. The topological polar surface area (TPSA) is 90.9 Å². The van der Waals surface area contributed by atoms with Gasteiger partial charge in [-0.15, -0.1) is 0 Å². The van der Waals surface area contributed by atoms with Crippen molar-refractivity contribution in [2.75, 3.05) is 27.8 Å². The van der Waals surface area contributed by atoms with Gasteiger partial charge in [-0.2, -0.15) is 0 Å². The summed E-state index contributed by atoms with van der Waals surface area (Å²) in [7, 11) is 4.67. The van der Waals surface area contributed by atoms with Crippen LogP contribution in [0, 0.1) is 5.82 Å². The fourth-order valence-corrected chi connectivity index (χ4v) is 3.13. The second-order valence-electron chi connectivity index (χ2n) is 6.46. The molecular weight excluding hydrogens is 375 g/mol. The number of fused-ring (bicyclic) bond motifs is 1. The van der Waals surface area contributed by atoms with Crippen molar-refractivity contribution in [3.05, 3.63) is 53.5 Å². The number of methoxy groups -OCH3 is 2. The minimum atomic E-state index is -0.247. The summed E-state index contributed by atoms with van der Waals surface area (Å²) in [6, 6.07) is 8.19. The second kappa shape index (κ2) is 9.18. The van der Waals surface area contributed by atoms with Crippen LogP contribution in [-0.2, 0) is 13.0 Å². The normalized spacial score (nSPS) is 11.5. The number of aromatic nitrogens is 1. The Hall–Kier alpha value is -3.42. The van der Waals surface area contributed by atoms with Gasteiger partial charge in [0.1, 0.15) is 5.82 Å². The first-order chi connectivity index (χ1) is 14.0. The molecular formula is C21H25FN4O3. The largest absolute Gasteiger partial charge is 0.502 e. The average molecular weight is 400 g/mol. The maximum Gasteiger partial charge on any atom is 0.200 e. The molecule has 0 bridgehead atoms. The lowest BCUT2D eigenvalue weighted by Crippen LogP contribution is -2.37. The van der Waals surface area contributed by atoms with Crippen LogP contribution in [0.1, 0.15) is 11.1 Å². The first-order valence-electron chi connectivity index (χ1n) is 9.19. The number of halogens is 1. The highest BCUT2D eigenvalue weighted by Crippen LogP contribution is 2.37. The van der Waals surface area contributed by atoms with Crippen molar-refractivity contribution in [2.45, 2.75) is 13.0 Å². The zero-order valence-electron chi connectivity index (χ0n) is 16.7. The van der Waals surface area contributed by atoms with Crippen molar-refractivity contribution in [3.8, 4) is 17.2 Å². The van der Waals surface area contributed by atoms with Gasteiger partial charge in [0.2, 0.25) is 5.75 Å². The van der Waals surface area contributed by atoms with Gasteiger partial charge in [-0.05, 0) is 47.9 Å². The third kappa shape index (κ3) is 4.71. The van der Waals surface area contributed by atoms with E-state index < -0.39 is 0 Å². The fraction of sp³-hybridized carbons (Fsp3) is 0.286. The van der Waals surface area contributed by atoms with Crippen LogP contribution < -0.4 is 20.1 Å². The van der Waals surface area contributed by atoms with Crippen molar-refractivity contribution < 1.29 is 19.0 Å². The number of guanidine groups is 1. The number of H-pyrrole nitrogens is 1. The van der Waals surface area contributed by atoms with Gasteiger partial charge in [0.15, 0.2) is 17.5 Å². The number of hydrogen-bond acceptors (Lipinski definition) is 4.